The van der Waals surface area contributed by atoms with Gasteiger partial charge in [0.2, 0.25) is 0 Å². The van der Waals surface area contributed by atoms with E-state index in [4.69, 9.17) is 0 Å². The highest BCUT2D eigenvalue weighted by Gasteiger charge is 2.21. The third-order valence-corrected chi connectivity index (χ3v) is 3.12. The smallest absolute Gasteiger partial charge is 0.0656 e. The van der Waals surface area contributed by atoms with Gasteiger partial charge in [0.1, 0.15) is 0 Å². The number of rotatable bonds is 1. The van der Waals surface area contributed by atoms with E-state index in [-0.39, 0.29) is 0 Å². The molecule has 1 aromatic heterocycles. The normalized spacial score (nSPS) is 21.6. The maximum Gasteiger partial charge on any atom is 0.0656 e. The number of aryl methyl sites for hydroxylation is 2. The van der Waals surface area contributed by atoms with E-state index < -0.39 is 0 Å². The van der Waals surface area contributed by atoms with Gasteiger partial charge in [0.25, 0.3) is 0 Å². The van der Waals surface area contributed by atoms with E-state index in [1.807, 2.05) is 0 Å². The van der Waals surface area contributed by atoms with Crippen molar-refractivity contribution >= 4 is 0 Å². The van der Waals surface area contributed by atoms with Crippen LogP contribution < -0.4 is 0 Å². The van der Waals surface area contributed by atoms with Gasteiger partial charge in [-0.15, -0.1) is 0 Å². The van der Waals surface area contributed by atoms with E-state index in [1.165, 1.54) is 30.7 Å². The maximum atomic E-state index is 4.56. The van der Waals surface area contributed by atoms with Crippen LogP contribution in [0.5, 0.6) is 0 Å². The second-order valence-corrected chi connectivity index (χ2v) is 4.20. The van der Waals surface area contributed by atoms with Crippen LogP contribution >= 0.6 is 0 Å². The standard InChI is InChI=1S/C11H18N2/c1-4-10-9-6-5-8(2)7-11(9)13(3)12-10/h8H,4-7H2,1-3H3. The van der Waals surface area contributed by atoms with Crippen molar-refractivity contribution in [3.8, 4) is 0 Å². The molecule has 0 amide bonds. The summed E-state index contributed by atoms with van der Waals surface area (Å²) in [5.41, 5.74) is 4.35. The van der Waals surface area contributed by atoms with Gasteiger partial charge >= 0.3 is 0 Å². The van der Waals surface area contributed by atoms with Crippen LogP contribution in [0.4, 0.5) is 0 Å². The van der Waals surface area contributed by atoms with Crippen molar-refractivity contribution in [2.24, 2.45) is 13.0 Å². The zero-order chi connectivity index (χ0) is 9.42. The minimum atomic E-state index is 0.840. The van der Waals surface area contributed by atoms with Gasteiger partial charge in [-0.25, -0.2) is 0 Å². The molecule has 1 heterocycles. The second kappa shape index (κ2) is 3.17. The minimum absolute atomic E-state index is 0.840. The zero-order valence-corrected chi connectivity index (χ0v) is 8.80. The lowest BCUT2D eigenvalue weighted by molar-refractivity contribution is 0.480. The third-order valence-electron chi connectivity index (χ3n) is 3.12. The summed E-state index contributed by atoms with van der Waals surface area (Å²) in [6, 6.07) is 0. The van der Waals surface area contributed by atoms with Crippen molar-refractivity contribution < 1.29 is 0 Å². The highest BCUT2D eigenvalue weighted by molar-refractivity contribution is 5.29. The molecule has 1 unspecified atom stereocenters. The highest BCUT2D eigenvalue weighted by Crippen LogP contribution is 2.27. The van der Waals surface area contributed by atoms with Gasteiger partial charge in [-0.2, -0.15) is 5.10 Å². The summed E-state index contributed by atoms with van der Waals surface area (Å²) in [4.78, 5) is 0. The molecular weight excluding hydrogens is 160 g/mol. The first kappa shape index (κ1) is 8.79. The van der Waals surface area contributed by atoms with Crippen LogP contribution in [0.1, 0.15) is 37.2 Å². The number of fused-ring (bicyclic) bond motifs is 1. The molecule has 0 saturated heterocycles. The molecule has 0 radical (unpaired) electrons. The fourth-order valence-corrected chi connectivity index (χ4v) is 2.31. The molecule has 2 heteroatoms. The third kappa shape index (κ3) is 1.38. The Morgan fingerprint density at radius 3 is 3.00 bits per heavy atom. The van der Waals surface area contributed by atoms with E-state index in [2.05, 4.69) is 30.7 Å². The Morgan fingerprint density at radius 1 is 1.54 bits per heavy atom. The Labute approximate surface area is 80.0 Å². The second-order valence-electron chi connectivity index (χ2n) is 4.20. The van der Waals surface area contributed by atoms with Gasteiger partial charge in [-0.1, -0.05) is 13.8 Å². The van der Waals surface area contributed by atoms with E-state index >= 15 is 0 Å². The first-order chi connectivity index (χ1) is 6.22. The molecule has 0 bridgehead atoms. The molecule has 72 valence electrons. The molecule has 0 aromatic carbocycles. The average Bonchev–Trinajstić information content (AvgIpc) is 2.43. The van der Waals surface area contributed by atoms with Crippen LogP contribution in [0.2, 0.25) is 0 Å². The van der Waals surface area contributed by atoms with E-state index in [0.29, 0.717) is 0 Å². The lowest BCUT2D eigenvalue weighted by atomic mass is 9.88. The first-order valence-electron chi connectivity index (χ1n) is 5.26. The molecular formula is C11H18N2. The topological polar surface area (TPSA) is 17.8 Å². The summed E-state index contributed by atoms with van der Waals surface area (Å²) in [5.74, 6) is 0.840. The molecule has 1 aliphatic rings. The fourth-order valence-electron chi connectivity index (χ4n) is 2.31. The van der Waals surface area contributed by atoms with Crippen molar-refractivity contribution in [1.29, 1.82) is 0 Å². The lowest BCUT2D eigenvalue weighted by Gasteiger charge is -2.19. The van der Waals surface area contributed by atoms with Crippen LogP contribution in [0, 0.1) is 5.92 Å². The van der Waals surface area contributed by atoms with Crippen LogP contribution in [-0.4, -0.2) is 9.78 Å². The predicted octanol–water partition coefficient (Wildman–Crippen LogP) is 2.11. The monoisotopic (exact) mass is 178 g/mol. The highest BCUT2D eigenvalue weighted by atomic mass is 15.3. The number of aromatic nitrogens is 2. The largest absolute Gasteiger partial charge is 0.272 e. The van der Waals surface area contributed by atoms with Crippen molar-refractivity contribution in [2.45, 2.75) is 39.5 Å². The molecule has 0 spiro atoms. The van der Waals surface area contributed by atoms with Crippen LogP contribution in [0.3, 0.4) is 0 Å². The molecule has 0 N–H and O–H groups in total. The quantitative estimate of drug-likeness (QED) is 0.644. The first-order valence-corrected chi connectivity index (χ1v) is 5.26. The Balaban J connectivity index is 2.42. The van der Waals surface area contributed by atoms with Gasteiger partial charge in [-0.05, 0) is 37.2 Å². The van der Waals surface area contributed by atoms with Crippen LogP contribution in [0.25, 0.3) is 0 Å². The number of hydrogen-bond acceptors (Lipinski definition) is 1. The summed E-state index contributed by atoms with van der Waals surface area (Å²) in [6.07, 6.45) is 4.88. The number of hydrogen-bond donors (Lipinski definition) is 0. The molecule has 0 fully saturated rings. The summed E-state index contributed by atoms with van der Waals surface area (Å²) in [5, 5.41) is 4.56. The summed E-state index contributed by atoms with van der Waals surface area (Å²) in [6.45, 7) is 4.53. The Morgan fingerprint density at radius 2 is 2.31 bits per heavy atom. The number of nitrogens with zero attached hydrogens (tertiary/aromatic N) is 2. The maximum absolute atomic E-state index is 4.56. The van der Waals surface area contributed by atoms with E-state index in [0.717, 1.165) is 12.3 Å². The Kier molecular flexibility index (Phi) is 2.14. The molecule has 1 aromatic rings. The lowest BCUT2D eigenvalue weighted by Crippen LogP contribution is -2.13. The van der Waals surface area contributed by atoms with E-state index in [9.17, 15) is 0 Å². The summed E-state index contributed by atoms with van der Waals surface area (Å²) < 4.78 is 2.09. The fraction of sp³-hybridized carbons (Fsp3) is 0.727. The zero-order valence-electron chi connectivity index (χ0n) is 8.80. The van der Waals surface area contributed by atoms with Crippen molar-refractivity contribution in [3.63, 3.8) is 0 Å². The summed E-state index contributed by atoms with van der Waals surface area (Å²) >= 11 is 0. The predicted molar refractivity (Wildman–Crippen MR) is 53.8 cm³/mol. The molecule has 0 aliphatic heterocycles. The van der Waals surface area contributed by atoms with Crippen molar-refractivity contribution in [1.82, 2.24) is 9.78 Å². The minimum Gasteiger partial charge on any atom is -0.272 e. The van der Waals surface area contributed by atoms with E-state index in [1.54, 1.807) is 5.56 Å². The van der Waals surface area contributed by atoms with Crippen molar-refractivity contribution in [2.75, 3.05) is 0 Å². The Hall–Kier alpha value is -0.790. The van der Waals surface area contributed by atoms with Gasteiger partial charge in [0.15, 0.2) is 0 Å². The SMILES string of the molecule is CCc1nn(C)c2c1CCC(C)C2. The molecule has 2 rings (SSSR count). The van der Waals surface area contributed by atoms with Crippen LogP contribution in [-0.2, 0) is 26.3 Å². The molecule has 2 nitrogen and oxygen atoms in total. The van der Waals surface area contributed by atoms with Gasteiger partial charge in [0, 0.05) is 12.7 Å². The van der Waals surface area contributed by atoms with Crippen molar-refractivity contribution in [3.05, 3.63) is 17.0 Å². The molecule has 1 aliphatic carbocycles. The van der Waals surface area contributed by atoms with Gasteiger partial charge in [-0.3, -0.25) is 4.68 Å². The molecule has 1 atom stereocenters. The van der Waals surface area contributed by atoms with Crippen LogP contribution in [0.15, 0.2) is 0 Å². The molecule has 0 saturated carbocycles. The Bertz CT molecular complexity index is 312. The summed E-state index contributed by atoms with van der Waals surface area (Å²) in [7, 11) is 2.08. The van der Waals surface area contributed by atoms with Gasteiger partial charge < -0.3 is 0 Å². The molecule has 13 heavy (non-hydrogen) atoms. The van der Waals surface area contributed by atoms with Gasteiger partial charge in [0.05, 0.1) is 5.69 Å². The average molecular weight is 178 g/mol.